The lowest BCUT2D eigenvalue weighted by Gasteiger charge is -2.09. The molecule has 3 aromatic rings. The standard InChI is InChI=1S/C24H24N2O5/c1-14-5-9-19(10-6-14)31-20-11-7-18(8-12-20)26-21(28)13-30-24(29)23-15(2)22(17(4)27)16(3)25-23/h5-12,25H,13H2,1-4H3,(H,26,28). The first-order valence-electron chi connectivity index (χ1n) is 9.76. The topological polar surface area (TPSA) is 97.5 Å². The molecule has 2 N–H and O–H groups in total. The van der Waals surface area contributed by atoms with Crippen molar-refractivity contribution in [3.63, 3.8) is 0 Å². The van der Waals surface area contributed by atoms with Gasteiger partial charge in [0.15, 0.2) is 12.4 Å². The van der Waals surface area contributed by atoms with E-state index in [0.717, 1.165) is 11.3 Å². The van der Waals surface area contributed by atoms with E-state index in [-0.39, 0.29) is 11.5 Å². The van der Waals surface area contributed by atoms with Crippen LogP contribution in [0.1, 0.15) is 44.6 Å². The first kappa shape index (κ1) is 21.8. The Hall–Kier alpha value is -3.87. The van der Waals surface area contributed by atoms with E-state index >= 15 is 0 Å². The molecule has 0 spiro atoms. The molecule has 7 nitrogen and oxygen atoms in total. The molecule has 31 heavy (non-hydrogen) atoms. The fourth-order valence-electron chi connectivity index (χ4n) is 3.23. The Kier molecular flexibility index (Phi) is 6.55. The Morgan fingerprint density at radius 3 is 2.03 bits per heavy atom. The number of benzene rings is 2. The lowest BCUT2D eigenvalue weighted by atomic mass is 10.1. The largest absolute Gasteiger partial charge is 0.457 e. The molecule has 0 saturated carbocycles. The average Bonchev–Trinajstić information content (AvgIpc) is 3.03. The Morgan fingerprint density at radius 1 is 0.903 bits per heavy atom. The maximum atomic E-state index is 12.3. The number of ether oxygens (including phenoxy) is 2. The highest BCUT2D eigenvalue weighted by molar-refractivity contribution is 6.01. The smallest absolute Gasteiger partial charge is 0.355 e. The van der Waals surface area contributed by atoms with Gasteiger partial charge in [0.2, 0.25) is 0 Å². The van der Waals surface area contributed by atoms with E-state index in [1.807, 2.05) is 31.2 Å². The highest BCUT2D eigenvalue weighted by atomic mass is 16.5. The molecular formula is C24H24N2O5. The second-order valence-electron chi connectivity index (χ2n) is 7.24. The van der Waals surface area contributed by atoms with Crippen molar-refractivity contribution in [3.8, 4) is 11.5 Å². The van der Waals surface area contributed by atoms with Gasteiger partial charge in [-0.25, -0.2) is 4.79 Å². The molecular weight excluding hydrogens is 396 g/mol. The lowest BCUT2D eigenvalue weighted by Crippen LogP contribution is -2.21. The number of H-pyrrole nitrogens is 1. The van der Waals surface area contributed by atoms with Gasteiger partial charge in [-0.15, -0.1) is 0 Å². The van der Waals surface area contributed by atoms with Gasteiger partial charge in [-0.1, -0.05) is 17.7 Å². The van der Waals surface area contributed by atoms with E-state index in [0.29, 0.717) is 28.3 Å². The van der Waals surface area contributed by atoms with Crippen LogP contribution in [-0.4, -0.2) is 29.3 Å². The molecule has 7 heteroatoms. The van der Waals surface area contributed by atoms with Crippen LogP contribution in [0, 0.1) is 20.8 Å². The molecule has 1 heterocycles. The fourth-order valence-corrected chi connectivity index (χ4v) is 3.23. The van der Waals surface area contributed by atoms with Crippen LogP contribution in [0.2, 0.25) is 0 Å². The molecule has 0 aliphatic carbocycles. The van der Waals surface area contributed by atoms with Crippen molar-refractivity contribution in [2.24, 2.45) is 0 Å². The summed E-state index contributed by atoms with van der Waals surface area (Å²) >= 11 is 0. The summed E-state index contributed by atoms with van der Waals surface area (Å²) in [5, 5.41) is 2.66. The minimum atomic E-state index is -0.690. The molecule has 1 aromatic heterocycles. The van der Waals surface area contributed by atoms with Crippen LogP contribution in [0.4, 0.5) is 5.69 Å². The number of hydrogen-bond donors (Lipinski definition) is 2. The molecule has 0 unspecified atom stereocenters. The number of carbonyl (C=O) groups is 3. The summed E-state index contributed by atoms with van der Waals surface area (Å²) in [5.74, 6) is 0.0421. The van der Waals surface area contributed by atoms with E-state index in [4.69, 9.17) is 9.47 Å². The molecule has 0 aliphatic heterocycles. The van der Waals surface area contributed by atoms with Crippen molar-refractivity contribution in [2.45, 2.75) is 27.7 Å². The summed E-state index contributed by atoms with van der Waals surface area (Å²) in [4.78, 5) is 39.0. The van der Waals surface area contributed by atoms with Crippen molar-refractivity contribution in [1.82, 2.24) is 4.98 Å². The fraction of sp³-hybridized carbons (Fsp3) is 0.208. The third-order valence-corrected chi connectivity index (χ3v) is 4.72. The van der Waals surface area contributed by atoms with Gasteiger partial charge in [0.1, 0.15) is 17.2 Å². The predicted molar refractivity (Wildman–Crippen MR) is 117 cm³/mol. The number of anilines is 1. The third kappa shape index (κ3) is 5.39. The number of aromatic nitrogens is 1. The quantitative estimate of drug-likeness (QED) is 0.425. The molecule has 0 aliphatic rings. The first-order valence-corrected chi connectivity index (χ1v) is 9.76. The van der Waals surface area contributed by atoms with E-state index in [1.54, 1.807) is 38.1 Å². The van der Waals surface area contributed by atoms with Gasteiger partial charge in [0.25, 0.3) is 5.91 Å². The lowest BCUT2D eigenvalue weighted by molar-refractivity contribution is -0.119. The van der Waals surface area contributed by atoms with Gasteiger partial charge in [-0.3, -0.25) is 9.59 Å². The number of amides is 1. The average molecular weight is 420 g/mol. The van der Waals surface area contributed by atoms with Crippen LogP contribution in [-0.2, 0) is 9.53 Å². The Labute approximate surface area is 180 Å². The van der Waals surface area contributed by atoms with Crippen molar-refractivity contribution in [2.75, 3.05) is 11.9 Å². The molecule has 160 valence electrons. The van der Waals surface area contributed by atoms with Crippen molar-refractivity contribution in [3.05, 3.63) is 76.6 Å². The van der Waals surface area contributed by atoms with E-state index < -0.39 is 18.5 Å². The second kappa shape index (κ2) is 9.30. The van der Waals surface area contributed by atoms with Crippen LogP contribution in [0.5, 0.6) is 11.5 Å². The molecule has 0 bridgehead atoms. The SMILES string of the molecule is CC(=O)c1c(C)[nH]c(C(=O)OCC(=O)Nc2ccc(Oc3ccc(C)cc3)cc2)c1C. The molecule has 2 aromatic carbocycles. The highest BCUT2D eigenvalue weighted by Crippen LogP contribution is 2.23. The summed E-state index contributed by atoms with van der Waals surface area (Å²) in [6.07, 6.45) is 0. The van der Waals surface area contributed by atoms with Gasteiger partial charge in [0.05, 0.1) is 0 Å². The predicted octanol–water partition coefficient (Wildman–Crippen LogP) is 4.73. The summed E-state index contributed by atoms with van der Waals surface area (Å²) in [6.45, 7) is 6.36. The summed E-state index contributed by atoms with van der Waals surface area (Å²) < 4.78 is 10.8. The monoisotopic (exact) mass is 420 g/mol. The van der Waals surface area contributed by atoms with Gasteiger partial charge in [-0.2, -0.15) is 0 Å². The number of carbonyl (C=O) groups excluding carboxylic acids is 3. The first-order chi connectivity index (χ1) is 14.7. The number of hydrogen-bond acceptors (Lipinski definition) is 5. The second-order valence-corrected chi connectivity index (χ2v) is 7.24. The van der Waals surface area contributed by atoms with Crippen molar-refractivity contribution < 1.29 is 23.9 Å². The Bertz CT molecular complexity index is 1110. The number of nitrogens with one attached hydrogen (secondary N) is 2. The van der Waals surface area contributed by atoms with Gasteiger partial charge in [-0.05, 0) is 69.7 Å². The summed E-state index contributed by atoms with van der Waals surface area (Å²) in [7, 11) is 0. The molecule has 1 amide bonds. The van der Waals surface area contributed by atoms with Crippen LogP contribution in [0.15, 0.2) is 48.5 Å². The van der Waals surface area contributed by atoms with Crippen molar-refractivity contribution >= 4 is 23.3 Å². The zero-order chi connectivity index (χ0) is 22.5. The minimum Gasteiger partial charge on any atom is -0.457 e. The number of Topliss-reactive ketones (excluding diaryl/α,β-unsaturated/α-hetero) is 1. The molecule has 0 radical (unpaired) electrons. The zero-order valence-corrected chi connectivity index (χ0v) is 17.9. The third-order valence-electron chi connectivity index (χ3n) is 4.72. The van der Waals surface area contributed by atoms with Crippen molar-refractivity contribution in [1.29, 1.82) is 0 Å². The number of aryl methyl sites for hydroxylation is 2. The number of ketones is 1. The molecule has 3 rings (SSSR count). The van der Waals surface area contributed by atoms with E-state index in [1.165, 1.54) is 6.92 Å². The number of rotatable bonds is 7. The number of aromatic amines is 1. The van der Waals surface area contributed by atoms with E-state index in [2.05, 4.69) is 10.3 Å². The minimum absolute atomic E-state index is 0.141. The normalized spacial score (nSPS) is 10.5. The summed E-state index contributed by atoms with van der Waals surface area (Å²) in [6, 6.07) is 14.5. The van der Waals surface area contributed by atoms with Crippen LogP contribution >= 0.6 is 0 Å². The van der Waals surface area contributed by atoms with Gasteiger partial charge in [0, 0.05) is 16.9 Å². The Morgan fingerprint density at radius 2 is 1.48 bits per heavy atom. The van der Waals surface area contributed by atoms with Crippen LogP contribution in [0.3, 0.4) is 0 Å². The van der Waals surface area contributed by atoms with Crippen LogP contribution in [0.25, 0.3) is 0 Å². The molecule has 0 saturated heterocycles. The van der Waals surface area contributed by atoms with Gasteiger partial charge >= 0.3 is 5.97 Å². The Balaban J connectivity index is 1.54. The molecule has 0 fully saturated rings. The molecule has 0 atom stereocenters. The zero-order valence-electron chi connectivity index (χ0n) is 17.9. The van der Waals surface area contributed by atoms with Gasteiger partial charge < -0.3 is 19.8 Å². The number of esters is 1. The van der Waals surface area contributed by atoms with E-state index in [9.17, 15) is 14.4 Å². The maximum Gasteiger partial charge on any atom is 0.355 e. The highest BCUT2D eigenvalue weighted by Gasteiger charge is 2.21. The van der Waals surface area contributed by atoms with Crippen LogP contribution < -0.4 is 10.1 Å². The maximum absolute atomic E-state index is 12.3. The summed E-state index contributed by atoms with van der Waals surface area (Å²) in [5.41, 5.74) is 3.43.